The summed E-state index contributed by atoms with van der Waals surface area (Å²) >= 11 is 0. The predicted octanol–water partition coefficient (Wildman–Crippen LogP) is 1.87. The van der Waals surface area contributed by atoms with Gasteiger partial charge in [-0.3, -0.25) is 0 Å². The molecule has 0 spiro atoms. The average Bonchev–Trinajstić information content (AvgIpc) is 2.06. The number of rotatable bonds is 3. The van der Waals surface area contributed by atoms with E-state index in [2.05, 4.69) is 29.6 Å². The Labute approximate surface area is 78.9 Å². The van der Waals surface area contributed by atoms with E-state index in [0.717, 1.165) is 6.54 Å². The van der Waals surface area contributed by atoms with E-state index in [4.69, 9.17) is 4.74 Å². The van der Waals surface area contributed by atoms with Gasteiger partial charge in [-0.2, -0.15) is 0 Å². The summed E-state index contributed by atoms with van der Waals surface area (Å²) in [5, 5.41) is 3.38. The Balaban J connectivity index is 2.04. The summed E-state index contributed by atoms with van der Waals surface area (Å²) in [6.45, 7) is 1.86. The van der Waals surface area contributed by atoms with E-state index in [1.807, 2.05) is 0 Å². The average molecular weight is 177 g/mol. The molecule has 1 unspecified atom stereocenters. The minimum absolute atomic E-state index is 0.594. The lowest BCUT2D eigenvalue weighted by atomic mass is 9.97. The molecular weight excluding hydrogens is 162 g/mol. The van der Waals surface area contributed by atoms with Gasteiger partial charge in [-0.15, -0.1) is 0 Å². The van der Waals surface area contributed by atoms with Crippen molar-refractivity contribution in [1.82, 2.24) is 5.32 Å². The molecule has 0 aromatic heterocycles. The van der Waals surface area contributed by atoms with Crippen LogP contribution in [0.4, 0.5) is 0 Å². The van der Waals surface area contributed by atoms with Gasteiger partial charge in [0.15, 0.2) is 0 Å². The molecule has 1 fully saturated rings. The number of nitrogens with one attached hydrogen (secondary N) is 1. The molecular formula is C11H15NO. The maximum absolute atomic E-state index is 5.05. The minimum atomic E-state index is 0.594. The second-order valence-corrected chi connectivity index (χ2v) is 3.47. The van der Waals surface area contributed by atoms with E-state index < -0.39 is 0 Å². The molecule has 1 heterocycles. The number of benzene rings is 1. The van der Waals surface area contributed by atoms with Crippen molar-refractivity contribution in [2.24, 2.45) is 0 Å². The summed E-state index contributed by atoms with van der Waals surface area (Å²) in [5.41, 5.74) is 2.64. The molecule has 1 aromatic rings. The first kappa shape index (κ1) is 8.73. The van der Waals surface area contributed by atoms with Crippen LogP contribution in [0.3, 0.4) is 0 Å². The van der Waals surface area contributed by atoms with Crippen molar-refractivity contribution in [1.29, 1.82) is 0 Å². The van der Waals surface area contributed by atoms with E-state index in [-0.39, 0.29) is 0 Å². The van der Waals surface area contributed by atoms with Crippen molar-refractivity contribution in [3.05, 3.63) is 35.4 Å². The number of hydrogen-bond donors (Lipinski definition) is 1. The van der Waals surface area contributed by atoms with E-state index in [1.165, 1.54) is 17.5 Å². The molecule has 1 atom stereocenters. The quantitative estimate of drug-likeness (QED) is 0.761. The molecule has 0 saturated carbocycles. The zero-order valence-corrected chi connectivity index (χ0v) is 7.92. The number of hydrogen-bond acceptors (Lipinski definition) is 2. The second-order valence-electron chi connectivity index (χ2n) is 3.47. The summed E-state index contributed by atoms with van der Waals surface area (Å²) < 4.78 is 5.05. The van der Waals surface area contributed by atoms with E-state index >= 15 is 0 Å². The van der Waals surface area contributed by atoms with Crippen molar-refractivity contribution in [3.8, 4) is 0 Å². The molecule has 1 N–H and O–H groups in total. The fourth-order valence-electron chi connectivity index (χ4n) is 1.59. The molecule has 13 heavy (non-hydrogen) atoms. The third-order valence-electron chi connectivity index (χ3n) is 2.52. The normalized spacial score (nSPS) is 21.2. The highest BCUT2D eigenvalue weighted by atomic mass is 16.5. The van der Waals surface area contributed by atoms with E-state index in [1.54, 1.807) is 7.11 Å². The fourth-order valence-corrected chi connectivity index (χ4v) is 1.59. The SMILES string of the molecule is COCc1ccc(C2CCN2)cc1. The lowest BCUT2D eigenvalue weighted by Crippen LogP contribution is -2.34. The highest BCUT2D eigenvalue weighted by Gasteiger charge is 2.17. The zero-order valence-electron chi connectivity index (χ0n) is 7.92. The third kappa shape index (κ3) is 1.90. The summed E-state index contributed by atoms with van der Waals surface area (Å²) in [6, 6.07) is 9.24. The summed E-state index contributed by atoms with van der Waals surface area (Å²) in [5.74, 6) is 0. The molecule has 70 valence electrons. The summed E-state index contributed by atoms with van der Waals surface area (Å²) in [6.07, 6.45) is 1.27. The highest BCUT2D eigenvalue weighted by Crippen LogP contribution is 2.22. The zero-order chi connectivity index (χ0) is 9.10. The van der Waals surface area contributed by atoms with Gasteiger partial charge in [0.2, 0.25) is 0 Å². The van der Waals surface area contributed by atoms with Gasteiger partial charge in [0, 0.05) is 13.2 Å². The van der Waals surface area contributed by atoms with Gasteiger partial charge >= 0.3 is 0 Å². The fraction of sp³-hybridized carbons (Fsp3) is 0.455. The van der Waals surface area contributed by atoms with Crippen LogP contribution in [-0.4, -0.2) is 13.7 Å². The van der Waals surface area contributed by atoms with Gasteiger partial charge in [0.05, 0.1) is 6.61 Å². The van der Waals surface area contributed by atoms with Crippen LogP contribution in [-0.2, 0) is 11.3 Å². The summed E-state index contributed by atoms with van der Waals surface area (Å²) in [7, 11) is 1.72. The molecule has 1 aliphatic rings. The smallest absolute Gasteiger partial charge is 0.0713 e. The standard InChI is InChI=1S/C11H15NO/c1-13-8-9-2-4-10(5-3-9)11-6-7-12-11/h2-5,11-12H,6-8H2,1H3. The van der Waals surface area contributed by atoms with Gasteiger partial charge in [-0.25, -0.2) is 0 Å². The van der Waals surface area contributed by atoms with Gasteiger partial charge in [0.1, 0.15) is 0 Å². The van der Waals surface area contributed by atoms with Gasteiger partial charge in [0.25, 0.3) is 0 Å². The number of methoxy groups -OCH3 is 1. The van der Waals surface area contributed by atoms with Gasteiger partial charge in [-0.1, -0.05) is 24.3 Å². The molecule has 0 radical (unpaired) electrons. The molecule has 1 aliphatic heterocycles. The van der Waals surface area contributed by atoms with Crippen LogP contribution in [0.1, 0.15) is 23.6 Å². The monoisotopic (exact) mass is 177 g/mol. The lowest BCUT2D eigenvalue weighted by molar-refractivity contribution is 0.185. The van der Waals surface area contributed by atoms with Crippen molar-refractivity contribution >= 4 is 0 Å². The van der Waals surface area contributed by atoms with Gasteiger partial charge in [-0.05, 0) is 24.1 Å². The molecule has 2 rings (SSSR count). The second kappa shape index (κ2) is 3.90. The molecule has 1 aromatic carbocycles. The van der Waals surface area contributed by atoms with Crippen LogP contribution in [0.15, 0.2) is 24.3 Å². The lowest BCUT2D eigenvalue weighted by Gasteiger charge is -2.28. The maximum Gasteiger partial charge on any atom is 0.0713 e. The topological polar surface area (TPSA) is 21.3 Å². The van der Waals surface area contributed by atoms with E-state index in [9.17, 15) is 0 Å². The Hall–Kier alpha value is -0.860. The van der Waals surface area contributed by atoms with Crippen molar-refractivity contribution in [2.45, 2.75) is 19.1 Å². The van der Waals surface area contributed by atoms with Crippen LogP contribution in [0, 0.1) is 0 Å². The van der Waals surface area contributed by atoms with E-state index in [0.29, 0.717) is 12.6 Å². The first-order chi connectivity index (χ1) is 6.40. The van der Waals surface area contributed by atoms with Gasteiger partial charge < -0.3 is 10.1 Å². The molecule has 0 aliphatic carbocycles. The molecule has 2 nitrogen and oxygen atoms in total. The van der Waals surface area contributed by atoms with Crippen LogP contribution in [0.25, 0.3) is 0 Å². The molecule has 1 saturated heterocycles. The first-order valence-corrected chi connectivity index (χ1v) is 4.71. The maximum atomic E-state index is 5.05. The van der Waals surface area contributed by atoms with Crippen LogP contribution < -0.4 is 5.32 Å². The van der Waals surface area contributed by atoms with Crippen molar-refractivity contribution < 1.29 is 4.74 Å². The number of ether oxygens (including phenoxy) is 1. The van der Waals surface area contributed by atoms with Crippen LogP contribution in [0.2, 0.25) is 0 Å². The predicted molar refractivity (Wildman–Crippen MR) is 52.5 cm³/mol. The Kier molecular flexibility index (Phi) is 2.62. The van der Waals surface area contributed by atoms with Crippen LogP contribution in [0.5, 0.6) is 0 Å². The highest BCUT2D eigenvalue weighted by molar-refractivity contribution is 5.25. The summed E-state index contributed by atoms with van der Waals surface area (Å²) in [4.78, 5) is 0. The Morgan fingerprint density at radius 2 is 2.08 bits per heavy atom. The molecule has 0 amide bonds. The van der Waals surface area contributed by atoms with Crippen molar-refractivity contribution in [2.75, 3.05) is 13.7 Å². The third-order valence-corrected chi connectivity index (χ3v) is 2.52. The minimum Gasteiger partial charge on any atom is -0.380 e. The van der Waals surface area contributed by atoms with Crippen molar-refractivity contribution in [3.63, 3.8) is 0 Å². The first-order valence-electron chi connectivity index (χ1n) is 4.71. The largest absolute Gasteiger partial charge is 0.380 e. The Morgan fingerprint density at radius 3 is 2.54 bits per heavy atom. The molecule has 2 heteroatoms. The Morgan fingerprint density at radius 1 is 1.38 bits per heavy atom. The van der Waals surface area contributed by atoms with Crippen LogP contribution >= 0.6 is 0 Å². The molecule has 0 bridgehead atoms. The Bertz CT molecular complexity index is 264.